The monoisotopic (exact) mass is 337 g/mol. The Kier molecular flexibility index (Phi) is 4.04. The summed E-state index contributed by atoms with van der Waals surface area (Å²) in [5.41, 5.74) is 6.76. The number of nitrogens with two attached hydrogens (primary N) is 1. The fourth-order valence-corrected chi connectivity index (χ4v) is 3.80. The predicted octanol–water partition coefficient (Wildman–Crippen LogP) is 2.77. The Bertz CT molecular complexity index is 797. The molecule has 0 radical (unpaired) electrons. The predicted molar refractivity (Wildman–Crippen MR) is 88.0 cm³/mol. The van der Waals surface area contributed by atoms with Crippen LogP contribution in [0.5, 0.6) is 0 Å². The highest BCUT2D eigenvalue weighted by molar-refractivity contribution is 7.99. The van der Waals surface area contributed by atoms with E-state index in [0.717, 1.165) is 15.9 Å². The number of thiazole rings is 1. The fourth-order valence-electron chi connectivity index (χ4n) is 1.62. The standard InChI is InChI=1S/C12H11N5OS3/c1-6-4-20-11(14-6)15-8(18)5-21-12-16-9(13)7-2-3-19-10(7)17-12/h2-4H,5H2,1H3,(H2,13,16,17)(H,14,15,18). The van der Waals surface area contributed by atoms with Crippen molar-refractivity contribution in [2.45, 2.75) is 12.1 Å². The van der Waals surface area contributed by atoms with Crippen molar-refractivity contribution in [3.63, 3.8) is 0 Å². The van der Waals surface area contributed by atoms with Crippen molar-refractivity contribution < 1.29 is 4.79 Å². The van der Waals surface area contributed by atoms with Gasteiger partial charge in [0.15, 0.2) is 10.3 Å². The summed E-state index contributed by atoms with van der Waals surface area (Å²) in [6.07, 6.45) is 0. The second-order valence-electron chi connectivity index (χ2n) is 4.16. The molecule has 0 aliphatic carbocycles. The third-order valence-electron chi connectivity index (χ3n) is 2.53. The number of thioether (sulfide) groups is 1. The number of carbonyl (C=O) groups excluding carboxylic acids is 1. The number of amides is 1. The summed E-state index contributed by atoms with van der Waals surface area (Å²) in [7, 11) is 0. The van der Waals surface area contributed by atoms with E-state index in [4.69, 9.17) is 5.73 Å². The van der Waals surface area contributed by atoms with E-state index in [9.17, 15) is 4.79 Å². The number of carbonyl (C=O) groups is 1. The molecule has 0 saturated heterocycles. The molecular formula is C12H11N5OS3. The average Bonchev–Trinajstić information content (AvgIpc) is 3.06. The summed E-state index contributed by atoms with van der Waals surface area (Å²) in [5.74, 6) is 0.525. The normalized spacial score (nSPS) is 10.9. The van der Waals surface area contributed by atoms with Crippen LogP contribution in [0.4, 0.5) is 10.9 Å². The minimum absolute atomic E-state index is 0.136. The molecule has 9 heteroatoms. The molecule has 6 nitrogen and oxygen atoms in total. The van der Waals surface area contributed by atoms with Crippen LogP contribution in [0.2, 0.25) is 0 Å². The van der Waals surface area contributed by atoms with Gasteiger partial charge in [-0.15, -0.1) is 22.7 Å². The summed E-state index contributed by atoms with van der Waals surface area (Å²) >= 11 is 4.16. The van der Waals surface area contributed by atoms with Crippen molar-refractivity contribution in [1.82, 2.24) is 15.0 Å². The van der Waals surface area contributed by atoms with Gasteiger partial charge >= 0.3 is 0 Å². The summed E-state index contributed by atoms with van der Waals surface area (Å²) in [6.45, 7) is 1.88. The van der Waals surface area contributed by atoms with Gasteiger partial charge < -0.3 is 11.1 Å². The van der Waals surface area contributed by atoms with Gasteiger partial charge in [0.05, 0.1) is 16.8 Å². The number of nitrogens with one attached hydrogen (secondary N) is 1. The lowest BCUT2D eigenvalue weighted by atomic mass is 10.4. The highest BCUT2D eigenvalue weighted by atomic mass is 32.2. The molecule has 0 fully saturated rings. The van der Waals surface area contributed by atoms with E-state index in [1.54, 1.807) is 0 Å². The Morgan fingerprint density at radius 2 is 2.24 bits per heavy atom. The van der Waals surface area contributed by atoms with E-state index in [-0.39, 0.29) is 11.7 Å². The lowest BCUT2D eigenvalue weighted by molar-refractivity contribution is -0.113. The quantitative estimate of drug-likeness (QED) is 0.561. The molecule has 3 N–H and O–H groups in total. The van der Waals surface area contributed by atoms with E-state index in [1.165, 1.54) is 34.4 Å². The Hall–Kier alpha value is -1.71. The molecule has 0 aliphatic heterocycles. The zero-order valence-corrected chi connectivity index (χ0v) is 13.4. The highest BCUT2D eigenvalue weighted by Crippen LogP contribution is 2.26. The lowest BCUT2D eigenvalue weighted by Gasteiger charge is -2.02. The summed E-state index contributed by atoms with van der Waals surface area (Å²) < 4.78 is 0. The van der Waals surface area contributed by atoms with Crippen LogP contribution in [0.1, 0.15) is 5.69 Å². The van der Waals surface area contributed by atoms with E-state index in [1.807, 2.05) is 23.8 Å². The summed E-state index contributed by atoms with van der Waals surface area (Å²) in [6, 6.07) is 1.89. The number of fused-ring (bicyclic) bond motifs is 1. The number of hydrogen-bond donors (Lipinski definition) is 2. The van der Waals surface area contributed by atoms with Crippen molar-refractivity contribution in [2.75, 3.05) is 16.8 Å². The molecule has 0 saturated carbocycles. The Morgan fingerprint density at radius 3 is 3.00 bits per heavy atom. The van der Waals surface area contributed by atoms with Gasteiger partial charge in [-0.1, -0.05) is 11.8 Å². The van der Waals surface area contributed by atoms with Gasteiger partial charge in [-0.2, -0.15) is 0 Å². The number of rotatable bonds is 4. The third-order valence-corrected chi connectivity index (χ3v) is 5.06. The second kappa shape index (κ2) is 5.96. The number of aryl methyl sites for hydroxylation is 1. The molecule has 0 aromatic carbocycles. The summed E-state index contributed by atoms with van der Waals surface area (Å²) in [5, 5.41) is 8.51. The average molecular weight is 337 g/mol. The number of anilines is 2. The lowest BCUT2D eigenvalue weighted by Crippen LogP contribution is -2.14. The van der Waals surface area contributed by atoms with Crippen LogP contribution < -0.4 is 11.1 Å². The van der Waals surface area contributed by atoms with Gasteiger partial charge in [0.2, 0.25) is 5.91 Å². The van der Waals surface area contributed by atoms with Gasteiger partial charge in [-0.25, -0.2) is 15.0 Å². The smallest absolute Gasteiger partial charge is 0.236 e. The van der Waals surface area contributed by atoms with Gasteiger partial charge in [0.1, 0.15) is 10.6 Å². The number of thiophene rings is 1. The van der Waals surface area contributed by atoms with Crippen molar-refractivity contribution in [1.29, 1.82) is 0 Å². The molecule has 3 heterocycles. The number of aromatic nitrogens is 3. The van der Waals surface area contributed by atoms with Gasteiger partial charge in [-0.05, 0) is 18.4 Å². The largest absolute Gasteiger partial charge is 0.383 e. The minimum atomic E-state index is -0.136. The number of nitrogen functional groups attached to an aromatic ring is 1. The Labute approximate surface area is 132 Å². The Balaban J connectivity index is 1.64. The van der Waals surface area contributed by atoms with E-state index in [2.05, 4.69) is 20.3 Å². The zero-order chi connectivity index (χ0) is 14.8. The molecule has 3 aromatic heterocycles. The van der Waals surface area contributed by atoms with Crippen molar-refractivity contribution in [3.8, 4) is 0 Å². The van der Waals surface area contributed by atoms with Crippen LogP contribution in [-0.2, 0) is 4.79 Å². The number of nitrogens with zero attached hydrogens (tertiary/aromatic N) is 3. The maximum absolute atomic E-state index is 11.8. The molecular weight excluding hydrogens is 326 g/mol. The van der Waals surface area contributed by atoms with Crippen LogP contribution in [-0.4, -0.2) is 26.6 Å². The second-order valence-corrected chi connectivity index (χ2v) is 6.86. The zero-order valence-electron chi connectivity index (χ0n) is 11.0. The molecule has 21 heavy (non-hydrogen) atoms. The maximum Gasteiger partial charge on any atom is 0.236 e. The number of hydrogen-bond acceptors (Lipinski definition) is 8. The topological polar surface area (TPSA) is 93.8 Å². The first-order valence-electron chi connectivity index (χ1n) is 5.97. The van der Waals surface area contributed by atoms with Crippen LogP contribution in [0, 0.1) is 6.92 Å². The van der Waals surface area contributed by atoms with Crippen LogP contribution >= 0.6 is 34.4 Å². The van der Waals surface area contributed by atoms with Crippen LogP contribution in [0.15, 0.2) is 22.0 Å². The molecule has 0 spiro atoms. The molecule has 0 aliphatic rings. The minimum Gasteiger partial charge on any atom is -0.383 e. The van der Waals surface area contributed by atoms with E-state index >= 15 is 0 Å². The molecule has 3 aromatic rings. The Morgan fingerprint density at radius 1 is 1.38 bits per heavy atom. The molecule has 0 bridgehead atoms. The maximum atomic E-state index is 11.8. The molecule has 0 atom stereocenters. The van der Waals surface area contributed by atoms with E-state index < -0.39 is 0 Å². The first-order chi connectivity index (χ1) is 10.1. The van der Waals surface area contributed by atoms with Crippen molar-refractivity contribution in [3.05, 3.63) is 22.5 Å². The first kappa shape index (κ1) is 14.2. The SMILES string of the molecule is Cc1csc(NC(=O)CSc2nc(N)c3ccsc3n2)n1. The highest BCUT2D eigenvalue weighted by Gasteiger charge is 2.10. The molecule has 1 amide bonds. The van der Waals surface area contributed by atoms with Gasteiger partial charge in [-0.3, -0.25) is 4.79 Å². The van der Waals surface area contributed by atoms with Gasteiger partial charge in [0.25, 0.3) is 0 Å². The van der Waals surface area contributed by atoms with Crippen molar-refractivity contribution >= 4 is 61.5 Å². The van der Waals surface area contributed by atoms with Crippen LogP contribution in [0.3, 0.4) is 0 Å². The van der Waals surface area contributed by atoms with Crippen LogP contribution in [0.25, 0.3) is 10.2 Å². The van der Waals surface area contributed by atoms with Gasteiger partial charge in [0, 0.05) is 5.38 Å². The molecule has 108 valence electrons. The summed E-state index contributed by atoms with van der Waals surface area (Å²) in [4.78, 5) is 25.4. The first-order valence-corrected chi connectivity index (χ1v) is 8.72. The molecule has 3 rings (SSSR count). The molecule has 0 unspecified atom stereocenters. The van der Waals surface area contributed by atoms with E-state index in [0.29, 0.717) is 16.1 Å². The third kappa shape index (κ3) is 3.31. The fraction of sp³-hybridized carbons (Fsp3) is 0.167. The van der Waals surface area contributed by atoms with Crippen molar-refractivity contribution in [2.24, 2.45) is 0 Å².